The van der Waals surface area contributed by atoms with Crippen molar-refractivity contribution in [3.8, 4) is 0 Å². The van der Waals surface area contributed by atoms with Crippen molar-refractivity contribution in [1.29, 1.82) is 0 Å². The summed E-state index contributed by atoms with van der Waals surface area (Å²) in [6, 6.07) is 5.79. The number of carbonyl (C=O) groups is 2. The van der Waals surface area contributed by atoms with E-state index in [4.69, 9.17) is 0 Å². The van der Waals surface area contributed by atoms with E-state index in [9.17, 15) is 9.59 Å². The summed E-state index contributed by atoms with van der Waals surface area (Å²) in [6.45, 7) is 2.25. The molecule has 0 aliphatic carbocycles. The van der Waals surface area contributed by atoms with Gasteiger partial charge in [-0.3, -0.25) is 14.5 Å². The quantitative estimate of drug-likeness (QED) is 0.867. The molecule has 0 unspecified atom stereocenters. The molecule has 2 aromatic heterocycles. The van der Waals surface area contributed by atoms with Crippen molar-refractivity contribution in [3.63, 3.8) is 0 Å². The van der Waals surface area contributed by atoms with Gasteiger partial charge in [-0.2, -0.15) is 5.10 Å². The summed E-state index contributed by atoms with van der Waals surface area (Å²) in [4.78, 5) is 31.5. The van der Waals surface area contributed by atoms with Gasteiger partial charge in [-0.1, -0.05) is 6.07 Å². The molecule has 0 atom stereocenters. The van der Waals surface area contributed by atoms with E-state index in [1.165, 1.54) is 0 Å². The number of urea groups is 1. The molecule has 3 amide bonds. The number of rotatable bonds is 5. The Kier molecular flexibility index (Phi) is 5.50. The second-order valence-corrected chi connectivity index (χ2v) is 6.59. The molecule has 1 aliphatic heterocycles. The maximum absolute atomic E-state index is 12.1. The Morgan fingerprint density at radius 2 is 2.15 bits per heavy atom. The van der Waals surface area contributed by atoms with Gasteiger partial charge in [0.25, 0.3) is 0 Å². The molecule has 3 heterocycles. The van der Waals surface area contributed by atoms with Gasteiger partial charge in [0.1, 0.15) is 0 Å². The van der Waals surface area contributed by atoms with Crippen molar-refractivity contribution in [2.24, 2.45) is 0 Å². The molecular formula is C18H24N6O2. The number of nitrogens with zero attached hydrogens (tertiary/aromatic N) is 5. The molecule has 1 aliphatic rings. The van der Waals surface area contributed by atoms with Crippen molar-refractivity contribution >= 4 is 11.9 Å². The number of pyridine rings is 1. The maximum atomic E-state index is 12.1. The van der Waals surface area contributed by atoms with Crippen LogP contribution in [0.1, 0.15) is 23.4 Å². The molecule has 0 fully saturated rings. The number of hydrogen-bond donors (Lipinski definition) is 1. The molecular weight excluding hydrogens is 332 g/mol. The molecule has 0 spiro atoms. The second-order valence-electron chi connectivity index (χ2n) is 6.59. The van der Waals surface area contributed by atoms with Crippen molar-refractivity contribution in [2.45, 2.75) is 32.5 Å². The number of aryl methyl sites for hydroxylation is 1. The average molecular weight is 356 g/mol. The SMILES string of the molecule is CN(C)C(=O)N1CCn2nc(CNC(=O)CCc3cccnc3)cc2C1. The first kappa shape index (κ1) is 17.9. The lowest BCUT2D eigenvalue weighted by Crippen LogP contribution is -2.43. The third kappa shape index (κ3) is 4.38. The van der Waals surface area contributed by atoms with Crippen molar-refractivity contribution in [1.82, 2.24) is 29.9 Å². The third-order valence-corrected chi connectivity index (χ3v) is 4.33. The van der Waals surface area contributed by atoms with Crippen LogP contribution in [0.5, 0.6) is 0 Å². The van der Waals surface area contributed by atoms with Crippen LogP contribution in [0.3, 0.4) is 0 Å². The minimum atomic E-state index is -0.00997. The van der Waals surface area contributed by atoms with Crippen LogP contribution < -0.4 is 5.32 Å². The fourth-order valence-electron chi connectivity index (χ4n) is 2.94. The summed E-state index contributed by atoms with van der Waals surface area (Å²) in [6.07, 6.45) is 4.58. The van der Waals surface area contributed by atoms with Crippen LogP contribution in [-0.2, 0) is 30.8 Å². The van der Waals surface area contributed by atoms with E-state index in [1.807, 2.05) is 22.9 Å². The van der Waals surface area contributed by atoms with Crippen molar-refractivity contribution < 1.29 is 9.59 Å². The summed E-state index contributed by atoms with van der Waals surface area (Å²) in [5.74, 6) is -0.00997. The Labute approximate surface area is 152 Å². The normalized spacial score (nSPS) is 13.2. The zero-order valence-corrected chi connectivity index (χ0v) is 15.2. The van der Waals surface area contributed by atoms with Gasteiger partial charge in [0.05, 0.1) is 31.0 Å². The average Bonchev–Trinajstić information content (AvgIpc) is 3.07. The van der Waals surface area contributed by atoms with Crippen LogP contribution in [-0.4, -0.2) is 57.1 Å². The van der Waals surface area contributed by atoms with Gasteiger partial charge >= 0.3 is 6.03 Å². The van der Waals surface area contributed by atoms with E-state index >= 15 is 0 Å². The Bertz CT molecular complexity index is 771. The molecule has 8 heteroatoms. The second kappa shape index (κ2) is 7.99. The topological polar surface area (TPSA) is 83.4 Å². The lowest BCUT2D eigenvalue weighted by molar-refractivity contribution is -0.121. The minimum Gasteiger partial charge on any atom is -0.350 e. The molecule has 26 heavy (non-hydrogen) atoms. The van der Waals surface area contributed by atoms with Crippen LogP contribution in [0.4, 0.5) is 4.79 Å². The van der Waals surface area contributed by atoms with Crippen LogP contribution in [0, 0.1) is 0 Å². The monoisotopic (exact) mass is 356 g/mol. The summed E-state index contributed by atoms with van der Waals surface area (Å²) in [7, 11) is 3.50. The van der Waals surface area contributed by atoms with E-state index in [0.717, 1.165) is 17.0 Å². The predicted octanol–water partition coefficient (Wildman–Crippen LogP) is 1.02. The molecule has 0 saturated carbocycles. The summed E-state index contributed by atoms with van der Waals surface area (Å²) in [5.41, 5.74) is 2.85. The molecule has 1 N–H and O–H groups in total. The van der Waals surface area contributed by atoms with Gasteiger partial charge in [-0.05, 0) is 24.1 Å². The first-order valence-corrected chi connectivity index (χ1v) is 8.70. The summed E-state index contributed by atoms with van der Waals surface area (Å²) < 4.78 is 1.91. The Morgan fingerprint density at radius 1 is 1.31 bits per heavy atom. The number of carbonyl (C=O) groups excluding carboxylic acids is 2. The molecule has 138 valence electrons. The predicted molar refractivity (Wildman–Crippen MR) is 96.1 cm³/mol. The van der Waals surface area contributed by atoms with E-state index in [0.29, 0.717) is 39.0 Å². The van der Waals surface area contributed by atoms with E-state index in [-0.39, 0.29) is 11.9 Å². The van der Waals surface area contributed by atoms with Gasteiger partial charge in [0.15, 0.2) is 0 Å². The van der Waals surface area contributed by atoms with Crippen LogP contribution in [0.2, 0.25) is 0 Å². The molecule has 0 bridgehead atoms. The summed E-state index contributed by atoms with van der Waals surface area (Å²) >= 11 is 0. The molecule has 2 aromatic rings. The van der Waals surface area contributed by atoms with Crippen LogP contribution in [0.15, 0.2) is 30.6 Å². The standard InChI is InChI=1S/C18H24N6O2/c1-22(2)18(26)23-8-9-24-16(13-23)10-15(21-24)12-20-17(25)6-5-14-4-3-7-19-11-14/h3-4,7,10-11H,5-6,8-9,12-13H2,1-2H3,(H,20,25). The number of aromatic nitrogens is 3. The zero-order chi connectivity index (χ0) is 18.5. The number of hydrogen-bond acceptors (Lipinski definition) is 4. The van der Waals surface area contributed by atoms with Crippen molar-refractivity contribution in [3.05, 3.63) is 47.5 Å². The molecule has 0 aromatic carbocycles. The smallest absolute Gasteiger partial charge is 0.319 e. The van der Waals surface area contributed by atoms with E-state index in [1.54, 1.807) is 36.3 Å². The lowest BCUT2D eigenvalue weighted by Gasteiger charge is -2.29. The first-order chi connectivity index (χ1) is 12.5. The lowest BCUT2D eigenvalue weighted by atomic mass is 10.1. The van der Waals surface area contributed by atoms with Gasteiger partial charge in [0, 0.05) is 39.5 Å². The molecule has 0 saturated heterocycles. The van der Waals surface area contributed by atoms with Crippen molar-refractivity contribution in [2.75, 3.05) is 20.6 Å². The highest BCUT2D eigenvalue weighted by Crippen LogP contribution is 2.14. The number of nitrogens with one attached hydrogen (secondary N) is 1. The highest BCUT2D eigenvalue weighted by Gasteiger charge is 2.23. The number of amides is 3. The van der Waals surface area contributed by atoms with E-state index in [2.05, 4.69) is 15.4 Å². The van der Waals surface area contributed by atoms with Gasteiger partial charge < -0.3 is 15.1 Å². The van der Waals surface area contributed by atoms with Gasteiger partial charge in [0.2, 0.25) is 5.91 Å². The fourth-order valence-corrected chi connectivity index (χ4v) is 2.94. The van der Waals surface area contributed by atoms with Crippen LogP contribution in [0.25, 0.3) is 0 Å². The zero-order valence-electron chi connectivity index (χ0n) is 15.2. The largest absolute Gasteiger partial charge is 0.350 e. The molecule has 3 rings (SSSR count). The minimum absolute atomic E-state index is 0.00250. The Balaban J connectivity index is 1.49. The van der Waals surface area contributed by atoms with Gasteiger partial charge in [-0.15, -0.1) is 0 Å². The molecule has 8 nitrogen and oxygen atoms in total. The fraction of sp³-hybridized carbons (Fsp3) is 0.444. The maximum Gasteiger partial charge on any atom is 0.319 e. The highest BCUT2D eigenvalue weighted by atomic mass is 16.2. The summed E-state index contributed by atoms with van der Waals surface area (Å²) in [5, 5.41) is 7.43. The highest BCUT2D eigenvalue weighted by molar-refractivity contribution is 5.76. The first-order valence-electron chi connectivity index (χ1n) is 8.70. The molecule has 0 radical (unpaired) electrons. The number of fused-ring (bicyclic) bond motifs is 1. The third-order valence-electron chi connectivity index (χ3n) is 4.33. The Hall–Kier alpha value is -2.90. The Morgan fingerprint density at radius 3 is 2.88 bits per heavy atom. The van der Waals surface area contributed by atoms with E-state index < -0.39 is 0 Å². The van der Waals surface area contributed by atoms with Gasteiger partial charge in [-0.25, -0.2) is 4.79 Å². The van der Waals surface area contributed by atoms with Crippen LogP contribution >= 0.6 is 0 Å².